The van der Waals surface area contributed by atoms with Crippen molar-refractivity contribution in [3.63, 3.8) is 0 Å². The quantitative estimate of drug-likeness (QED) is 0.154. The zero-order chi connectivity index (χ0) is 25.2. The molecule has 9 nitrogen and oxygen atoms in total. The second kappa shape index (κ2) is 11.8. The number of para-hydroxylation sites is 1. The number of non-ortho nitro benzene ring substituents is 1. The minimum Gasteiger partial charge on any atom is -0.488 e. The van der Waals surface area contributed by atoms with Crippen LogP contribution in [-0.4, -0.2) is 23.4 Å². The van der Waals surface area contributed by atoms with E-state index >= 15 is 0 Å². The summed E-state index contributed by atoms with van der Waals surface area (Å²) in [7, 11) is 0. The molecule has 0 saturated heterocycles. The minimum atomic E-state index is -0.624. The molecule has 0 unspecified atom stereocenters. The Morgan fingerprint density at radius 3 is 2.37 bits per heavy atom. The number of nitriles is 1. The molecular formula is C26H21N3O6. The van der Waals surface area contributed by atoms with Crippen LogP contribution < -0.4 is 10.1 Å². The zero-order valence-electron chi connectivity index (χ0n) is 18.8. The van der Waals surface area contributed by atoms with Crippen LogP contribution in [0.5, 0.6) is 5.75 Å². The van der Waals surface area contributed by atoms with Crippen LogP contribution in [0.2, 0.25) is 0 Å². The maximum Gasteiger partial charge on any atom is 0.338 e. The van der Waals surface area contributed by atoms with Gasteiger partial charge in [-0.15, -0.1) is 0 Å². The van der Waals surface area contributed by atoms with Gasteiger partial charge in [0.05, 0.1) is 17.1 Å². The molecule has 0 aliphatic carbocycles. The smallest absolute Gasteiger partial charge is 0.338 e. The van der Waals surface area contributed by atoms with Crippen molar-refractivity contribution in [1.29, 1.82) is 5.26 Å². The van der Waals surface area contributed by atoms with Crippen LogP contribution in [0.1, 0.15) is 28.4 Å². The van der Waals surface area contributed by atoms with Gasteiger partial charge in [-0.05, 0) is 61.0 Å². The maximum atomic E-state index is 12.7. The number of rotatable bonds is 9. The van der Waals surface area contributed by atoms with E-state index in [1.165, 1.54) is 30.3 Å². The minimum absolute atomic E-state index is 0.0164. The van der Waals surface area contributed by atoms with Gasteiger partial charge in [0.1, 0.15) is 24.0 Å². The molecule has 9 heteroatoms. The van der Waals surface area contributed by atoms with E-state index in [9.17, 15) is 25.0 Å². The molecule has 176 valence electrons. The molecule has 1 amide bonds. The second-order valence-electron chi connectivity index (χ2n) is 7.17. The Morgan fingerprint density at radius 2 is 1.74 bits per heavy atom. The third-order valence-electron chi connectivity index (χ3n) is 4.78. The van der Waals surface area contributed by atoms with E-state index in [0.717, 1.165) is 5.56 Å². The Morgan fingerprint density at radius 1 is 1.06 bits per heavy atom. The number of carbonyl (C=O) groups excluding carboxylic acids is 2. The summed E-state index contributed by atoms with van der Waals surface area (Å²) >= 11 is 0. The molecule has 0 bridgehead atoms. The van der Waals surface area contributed by atoms with Gasteiger partial charge >= 0.3 is 5.97 Å². The standard InChI is InChI=1S/C26H21N3O6/c1-2-34-26(31)19-9-11-22(12-10-19)28-25(30)21(16-27)15-20-5-3-4-6-24(20)35-17-18-7-13-23(14-8-18)29(32)33/h3-15H,2,17H2,1H3,(H,28,30)/b21-15+. The first-order chi connectivity index (χ1) is 16.9. The number of nitro benzene ring substituents is 1. The highest BCUT2D eigenvalue weighted by molar-refractivity contribution is 6.10. The molecule has 3 rings (SSSR count). The van der Waals surface area contributed by atoms with E-state index in [1.54, 1.807) is 55.5 Å². The van der Waals surface area contributed by atoms with Gasteiger partial charge in [0, 0.05) is 23.4 Å². The van der Waals surface area contributed by atoms with Crippen LogP contribution in [0, 0.1) is 21.4 Å². The predicted octanol–water partition coefficient (Wildman–Crippen LogP) is 4.90. The first-order valence-electron chi connectivity index (χ1n) is 10.6. The molecule has 0 atom stereocenters. The highest BCUT2D eigenvalue weighted by Gasteiger charge is 2.13. The molecule has 0 aliphatic heterocycles. The second-order valence-corrected chi connectivity index (χ2v) is 7.17. The number of amides is 1. The zero-order valence-corrected chi connectivity index (χ0v) is 18.8. The van der Waals surface area contributed by atoms with Crippen molar-refractivity contribution < 1.29 is 24.0 Å². The highest BCUT2D eigenvalue weighted by Crippen LogP contribution is 2.23. The first kappa shape index (κ1) is 24.7. The largest absolute Gasteiger partial charge is 0.488 e. The van der Waals surface area contributed by atoms with Crippen molar-refractivity contribution >= 4 is 29.3 Å². The molecular weight excluding hydrogens is 450 g/mol. The fraction of sp³-hybridized carbons (Fsp3) is 0.115. The summed E-state index contributed by atoms with van der Waals surface area (Å²) in [6.45, 7) is 2.11. The molecule has 1 N–H and O–H groups in total. The highest BCUT2D eigenvalue weighted by atomic mass is 16.6. The molecule has 0 aliphatic rings. The Hall–Kier alpha value is -4.97. The van der Waals surface area contributed by atoms with Gasteiger partial charge in [-0.25, -0.2) is 4.79 Å². The number of nitro groups is 1. The third-order valence-corrected chi connectivity index (χ3v) is 4.78. The number of nitrogens with zero attached hydrogens (tertiary/aromatic N) is 2. The molecule has 3 aromatic carbocycles. The molecule has 0 aromatic heterocycles. The van der Waals surface area contributed by atoms with Gasteiger partial charge in [-0.2, -0.15) is 5.26 Å². The monoisotopic (exact) mass is 471 g/mol. The molecule has 0 heterocycles. The number of ether oxygens (including phenoxy) is 2. The van der Waals surface area contributed by atoms with Crippen molar-refractivity contribution in [2.45, 2.75) is 13.5 Å². The first-order valence-corrected chi connectivity index (χ1v) is 10.6. The van der Waals surface area contributed by atoms with Crippen LogP contribution in [-0.2, 0) is 16.1 Å². The van der Waals surface area contributed by atoms with E-state index in [2.05, 4.69) is 5.32 Å². The lowest BCUT2D eigenvalue weighted by Gasteiger charge is -2.10. The molecule has 0 spiro atoms. The van der Waals surface area contributed by atoms with E-state index in [0.29, 0.717) is 22.6 Å². The lowest BCUT2D eigenvalue weighted by Crippen LogP contribution is -2.13. The average molecular weight is 471 g/mol. The van der Waals surface area contributed by atoms with Gasteiger partial charge in [-0.3, -0.25) is 14.9 Å². The predicted molar refractivity (Wildman–Crippen MR) is 128 cm³/mol. The Balaban J connectivity index is 1.71. The number of hydrogen-bond acceptors (Lipinski definition) is 7. The summed E-state index contributed by atoms with van der Waals surface area (Å²) in [5, 5.41) is 23.0. The van der Waals surface area contributed by atoms with E-state index in [1.807, 2.05) is 6.07 Å². The van der Waals surface area contributed by atoms with Crippen LogP contribution in [0.3, 0.4) is 0 Å². The summed E-state index contributed by atoms with van der Waals surface area (Å²) in [6, 6.07) is 20.9. The van der Waals surface area contributed by atoms with E-state index in [4.69, 9.17) is 9.47 Å². The van der Waals surface area contributed by atoms with Crippen molar-refractivity contribution in [2.24, 2.45) is 0 Å². The van der Waals surface area contributed by atoms with Gasteiger partial charge in [-0.1, -0.05) is 18.2 Å². The van der Waals surface area contributed by atoms with Crippen molar-refractivity contribution in [3.8, 4) is 11.8 Å². The molecule has 35 heavy (non-hydrogen) atoms. The van der Waals surface area contributed by atoms with Crippen LogP contribution in [0.15, 0.2) is 78.4 Å². The Bertz CT molecular complexity index is 1290. The van der Waals surface area contributed by atoms with Crippen LogP contribution >= 0.6 is 0 Å². The number of anilines is 1. The van der Waals surface area contributed by atoms with Gasteiger partial charge in [0.25, 0.3) is 11.6 Å². The van der Waals surface area contributed by atoms with Gasteiger partial charge in [0.15, 0.2) is 0 Å². The maximum absolute atomic E-state index is 12.7. The molecule has 3 aromatic rings. The van der Waals surface area contributed by atoms with E-state index < -0.39 is 16.8 Å². The summed E-state index contributed by atoms with van der Waals surface area (Å²) in [5.74, 6) is -0.653. The fourth-order valence-corrected chi connectivity index (χ4v) is 3.01. The normalized spacial score (nSPS) is 10.7. The average Bonchev–Trinajstić information content (AvgIpc) is 2.87. The topological polar surface area (TPSA) is 132 Å². The lowest BCUT2D eigenvalue weighted by molar-refractivity contribution is -0.384. The van der Waals surface area contributed by atoms with Crippen molar-refractivity contribution in [2.75, 3.05) is 11.9 Å². The SMILES string of the molecule is CCOC(=O)c1ccc(NC(=O)/C(C#N)=C/c2ccccc2OCc2ccc([N+](=O)[O-])cc2)cc1. The number of benzene rings is 3. The van der Waals surface area contributed by atoms with Crippen molar-refractivity contribution in [1.82, 2.24) is 0 Å². The van der Waals surface area contributed by atoms with Crippen molar-refractivity contribution in [3.05, 3.63) is 105 Å². The summed E-state index contributed by atoms with van der Waals surface area (Å²) in [6.07, 6.45) is 1.41. The number of hydrogen-bond donors (Lipinski definition) is 1. The van der Waals surface area contributed by atoms with E-state index in [-0.39, 0.29) is 24.5 Å². The number of carbonyl (C=O) groups is 2. The summed E-state index contributed by atoms with van der Waals surface area (Å²) in [4.78, 5) is 34.7. The number of esters is 1. The molecule has 0 radical (unpaired) electrons. The Kier molecular flexibility index (Phi) is 8.29. The lowest BCUT2D eigenvalue weighted by atomic mass is 10.1. The third kappa shape index (κ3) is 6.76. The van der Waals surface area contributed by atoms with Gasteiger partial charge in [0.2, 0.25) is 0 Å². The fourth-order valence-electron chi connectivity index (χ4n) is 3.01. The molecule has 0 fully saturated rings. The summed E-state index contributed by atoms with van der Waals surface area (Å²) < 4.78 is 10.8. The Labute approximate surface area is 201 Å². The van der Waals surface area contributed by atoms with Gasteiger partial charge < -0.3 is 14.8 Å². The molecule has 0 saturated carbocycles. The van der Waals surface area contributed by atoms with Crippen LogP contribution in [0.25, 0.3) is 6.08 Å². The number of nitrogens with one attached hydrogen (secondary N) is 1. The summed E-state index contributed by atoms with van der Waals surface area (Å²) in [5.41, 5.74) is 1.83. The van der Waals surface area contributed by atoms with Crippen LogP contribution in [0.4, 0.5) is 11.4 Å².